The summed E-state index contributed by atoms with van der Waals surface area (Å²) in [5.41, 5.74) is 1.46. The van der Waals surface area contributed by atoms with Crippen LogP contribution in [0, 0.1) is 5.82 Å². The lowest BCUT2D eigenvalue weighted by molar-refractivity contribution is 0.191. The van der Waals surface area contributed by atoms with Crippen LogP contribution in [0.3, 0.4) is 0 Å². The number of carbonyl (C=O) groups is 1. The third-order valence-electron chi connectivity index (χ3n) is 4.16. The standard InChI is InChI=1S/C19H17FN2O4S/c1-11(21-19(23)24)15-9-12-7-8-13(20)10-16(12)22-18(15)14-5-3-4-6-17(14)27(2,25)26/h3-11,21H,1-2H3,(H,23,24). The number of aromatic nitrogens is 1. The van der Waals surface area contributed by atoms with Gasteiger partial charge in [0.05, 0.1) is 22.1 Å². The average molecular weight is 388 g/mol. The Labute approximate surface area is 155 Å². The van der Waals surface area contributed by atoms with Crippen LogP contribution in [-0.4, -0.2) is 30.9 Å². The first-order chi connectivity index (χ1) is 12.7. The van der Waals surface area contributed by atoms with E-state index in [0.717, 1.165) is 6.26 Å². The number of rotatable bonds is 4. The van der Waals surface area contributed by atoms with Crippen LogP contribution in [0.4, 0.5) is 9.18 Å². The zero-order valence-electron chi connectivity index (χ0n) is 14.6. The van der Waals surface area contributed by atoms with E-state index in [-0.39, 0.29) is 10.6 Å². The fourth-order valence-corrected chi connectivity index (χ4v) is 3.84. The molecule has 0 saturated carbocycles. The minimum absolute atomic E-state index is 0.0667. The summed E-state index contributed by atoms with van der Waals surface area (Å²) in [6.45, 7) is 1.63. The number of fused-ring (bicyclic) bond motifs is 1. The van der Waals surface area contributed by atoms with Gasteiger partial charge in [0.15, 0.2) is 9.84 Å². The van der Waals surface area contributed by atoms with E-state index in [4.69, 9.17) is 5.11 Å². The molecule has 2 aromatic carbocycles. The van der Waals surface area contributed by atoms with Gasteiger partial charge < -0.3 is 10.4 Å². The predicted octanol–water partition coefficient (Wildman–Crippen LogP) is 3.77. The highest BCUT2D eigenvalue weighted by atomic mass is 32.2. The molecule has 140 valence electrons. The van der Waals surface area contributed by atoms with Gasteiger partial charge in [-0.05, 0) is 31.2 Å². The zero-order chi connectivity index (χ0) is 19.8. The molecule has 0 bridgehead atoms. The fraction of sp³-hybridized carbons (Fsp3) is 0.158. The molecule has 27 heavy (non-hydrogen) atoms. The van der Waals surface area contributed by atoms with Crippen molar-refractivity contribution in [3.8, 4) is 11.3 Å². The SMILES string of the molecule is CC(NC(=O)O)c1cc2ccc(F)cc2nc1-c1ccccc1S(C)(=O)=O. The maximum absolute atomic E-state index is 13.6. The molecule has 1 heterocycles. The molecule has 1 aromatic heterocycles. The number of hydrogen-bond acceptors (Lipinski definition) is 4. The molecule has 0 radical (unpaired) electrons. The topological polar surface area (TPSA) is 96.4 Å². The highest BCUT2D eigenvalue weighted by Gasteiger charge is 2.21. The number of halogens is 1. The smallest absolute Gasteiger partial charge is 0.405 e. The normalized spacial score (nSPS) is 12.7. The lowest BCUT2D eigenvalue weighted by Gasteiger charge is -2.18. The van der Waals surface area contributed by atoms with Gasteiger partial charge in [0.2, 0.25) is 0 Å². The molecule has 0 saturated heterocycles. The Morgan fingerprint density at radius 2 is 1.89 bits per heavy atom. The molecule has 1 unspecified atom stereocenters. The number of nitrogens with one attached hydrogen (secondary N) is 1. The Balaban J connectivity index is 2.35. The van der Waals surface area contributed by atoms with E-state index < -0.39 is 27.8 Å². The molecule has 2 N–H and O–H groups in total. The molecular weight excluding hydrogens is 371 g/mol. The first-order valence-electron chi connectivity index (χ1n) is 8.06. The molecule has 0 aliphatic rings. The lowest BCUT2D eigenvalue weighted by atomic mass is 9.98. The predicted molar refractivity (Wildman–Crippen MR) is 99.8 cm³/mol. The molecular formula is C19H17FN2O4S. The van der Waals surface area contributed by atoms with Crippen molar-refractivity contribution in [2.75, 3.05) is 6.26 Å². The summed E-state index contributed by atoms with van der Waals surface area (Å²) >= 11 is 0. The maximum atomic E-state index is 13.6. The zero-order valence-corrected chi connectivity index (χ0v) is 15.4. The van der Waals surface area contributed by atoms with Crippen molar-refractivity contribution < 1.29 is 22.7 Å². The van der Waals surface area contributed by atoms with Crippen LogP contribution in [0.25, 0.3) is 22.2 Å². The first kappa shape index (κ1) is 18.8. The van der Waals surface area contributed by atoms with E-state index >= 15 is 0 Å². The number of benzene rings is 2. The van der Waals surface area contributed by atoms with E-state index in [0.29, 0.717) is 22.0 Å². The van der Waals surface area contributed by atoms with Crippen LogP contribution < -0.4 is 5.32 Å². The second-order valence-electron chi connectivity index (χ2n) is 6.20. The third kappa shape index (κ3) is 3.90. The number of hydrogen-bond donors (Lipinski definition) is 2. The summed E-state index contributed by atoms with van der Waals surface area (Å²) in [5.74, 6) is -0.471. The molecule has 1 atom stereocenters. The molecule has 0 aliphatic carbocycles. The summed E-state index contributed by atoms with van der Waals surface area (Å²) < 4.78 is 38.1. The second-order valence-corrected chi connectivity index (χ2v) is 8.19. The van der Waals surface area contributed by atoms with Crippen molar-refractivity contribution in [3.63, 3.8) is 0 Å². The van der Waals surface area contributed by atoms with E-state index in [1.807, 2.05) is 0 Å². The fourth-order valence-electron chi connectivity index (χ4n) is 2.95. The van der Waals surface area contributed by atoms with Gasteiger partial charge in [0.25, 0.3) is 0 Å². The van der Waals surface area contributed by atoms with E-state index in [1.54, 1.807) is 37.3 Å². The Hall–Kier alpha value is -3.00. The number of amides is 1. The molecule has 6 nitrogen and oxygen atoms in total. The number of pyridine rings is 1. The quantitative estimate of drug-likeness (QED) is 0.709. The third-order valence-corrected chi connectivity index (χ3v) is 5.31. The summed E-state index contributed by atoms with van der Waals surface area (Å²) in [5, 5.41) is 12.0. The van der Waals surface area contributed by atoms with Crippen molar-refractivity contribution in [3.05, 3.63) is 59.9 Å². The van der Waals surface area contributed by atoms with Crippen LogP contribution in [0.2, 0.25) is 0 Å². The molecule has 1 amide bonds. The van der Waals surface area contributed by atoms with Crippen molar-refractivity contribution >= 4 is 26.8 Å². The summed E-state index contributed by atoms with van der Waals surface area (Å²) in [4.78, 5) is 15.6. The van der Waals surface area contributed by atoms with Gasteiger partial charge in [-0.3, -0.25) is 0 Å². The van der Waals surface area contributed by atoms with Crippen LogP contribution in [-0.2, 0) is 9.84 Å². The second kappa shape index (κ2) is 6.96. The van der Waals surface area contributed by atoms with Crippen LogP contribution in [0.1, 0.15) is 18.5 Å². The van der Waals surface area contributed by atoms with Crippen molar-refractivity contribution in [1.82, 2.24) is 10.3 Å². The molecule has 3 aromatic rings. The first-order valence-corrected chi connectivity index (χ1v) is 9.95. The maximum Gasteiger partial charge on any atom is 0.405 e. The molecule has 0 fully saturated rings. The number of sulfone groups is 1. The van der Waals surface area contributed by atoms with Crippen LogP contribution in [0.15, 0.2) is 53.4 Å². The summed E-state index contributed by atoms with van der Waals surface area (Å²) in [6, 6.07) is 11.4. The van der Waals surface area contributed by atoms with Crippen molar-refractivity contribution in [2.45, 2.75) is 17.9 Å². The minimum atomic E-state index is -3.56. The van der Waals surface area contributed by atoms with Gasteiger partial charge in [0.1, 0.15) is 5.82 Å². The molecule has 8 heteroatoms. The Kier molecular flexibility index (Phi) is 4.84. The van der Waals surface area contributed by atoms with E-state index in [2.05, 4.69) is 10.3 Å². The van der Waals surface area contributed by atoms with Gasteiger partial charge in [-0.1, -0.05) is 18.2 Å². The van der Waals surface area contributed by atoms with Gasteiger partial charge in [-0.15, -0.1) is 0 Å². The van der Waals surface area contributed by atoms with E-state index in [9.17, 15) is 17.6 Å². The van der Waals surface area contributed by atoms with Gasteiger partial charge >= 0.3 is 6.09 Å². The number of carboxylic acid groups (broad SMARTS) is 1. The highest BCUT2D eigenvalue weighted by molar-refractivity contribution is 7.90. The Morgan fingerprint density at radius 3 is 2.56 bits per heavy atom. The van der Waals surface area contributed by atoms with Gasteiger partial charge in [-0.2, -0.15) is 0 Å². The lowest BCUT2D eigenvalue weighted by Crippen LogP contribution is -2.25. The average Bonchev–Trinajstić information content (AvgIpc) is 2.59. The van der Waals surface area contributed by atoms with E-state index in [1.165, 1.54) is 18.2 Å². The van der Waals surface area contributed by atoms with Crippen molar-refractivity contribution in [1.29, 1.82) is 0 Å². The van der Waals surface area contributed by atoms with Crippen molar-refractivity contribution in [2.24, 2.45) is 0 Å². The molecule has 0 aliphatic heterocycles. The highest BCUT2D eigenvalue weighted by Crippen LogP contribution is 2.34. The van der Waals surface area contributed by atoms with Crippen LogP contribution >= 0.6 is 0 Å². The molecule has 3 rings (SSSR count). The monoisotopic (exact) mass is 388 g/mol. The summed E-state index contributed by atoms with van der Waals surface area (Å²) in [7, 11) is -3.56. The summed E-state index contributed by atoms with van der Waals surface area (Å²) in [6.07, 6.45) is -0.130. The Bertz CT molecular complexity index is 1150. The minimum Gasteiger partial charge on any atom is -0.465 e. The Morgan fingerprint density at radius 1 is 1.19 bits per heavy atom. The number of nitrogens with zero attached hydrogens (tertiary/aromatic N) is 1. The van der Waals surface area contributed by atoms with Gasteiger partial charge in [0, 0.05) is 28.8 Å². The van der Waals surface area contributed by atoms with Crippen LogP contribution in [0.5, 0.6) is 0 Å². The van der Waals surface area contributed by atoms with Gasteiger partial charge in [-0.25, -0.2) is 22.6 Å². The largest absolute Gasteiger partial charge is 0.465 e. The molecule has 0 spiro atoms.